The summed E-state index contributed by atoms with van der Waals surface area (Å²) < 4.78 is 0. The first-order valence-electron chi connectivity index (χ1n) is 7.33. The van der Waals surface area contributed by atoms with Crippen LogP contribution in [0.4, 0.5) is 0 Å². The molecule has 3 aromatic rings. The second-order valence-corrected chi connectivity index (χ2v) is 5.29. The van der Waals surface area contributed by atoms with E-state index in [-0.39, 0.29) is 16.7 Å². The lowest BCUT2D eigenvalue weighted by Crippen LogP contribution is -2.08. The molecule has 3 rings (SSSR count). The zero-order chi connectivity index (χ0) is 17.1. The standard InChI is InChI=1S/C20H14O4/c21-19(22)16-11-15(13-7-3-1-4-8-13)12-17(20(23)24)18(16)14-9-5-2-6-10-14/h1-12H,(H,21,22)(H,23,24). The minimum atomic E-state index is -1.16. The van der Waals surface area contributed by atoms with Gasteiger partial charge >= 0.3 is 11.9 Å². The molecule has 118 valence electrons. The van der Waals surface area contributed by atoms with Gasteiger partial charge in [-0.2, -0.15) is 0 Å². The summed E-state index contributed by atoms with van der Waals surface area (Å²) in [4.78, 5) is 23.5. The Morgan fingerprint density at radius 1 is 0.583 bits per heavy atom. The van der Waals surface area contributed by atoms with Gasteiger partial charge in [0.2, 0.25) is 0 Å². The summed E-state index contributed by atoms with van der Waals surface area (Å²) in [5.74, 6) is -2.32. The molecular formula is C20H14O4. The highest BCUT2D eigenvalue weighted by atomic mass is 16.4. The van der Waals surface area contributed by atoms with E-state index < -0.39 is 11.9 Å². The Balaban J connectivity index is 2.33. The van der Waals surface area contributed by atoms with Crippen LogP contribution in [0, 0.1) is 0 Å². The molecule has 0 spiro atoms. The van der Waals surface area contributed by atoms with E-state index in [1.54, 1.807) is 30.3 Å². The second kappa shape index (κ2) is 6.38. The summed E-state index contributed by atoms with van der Waals surface area (Å²) in [6.45, 7) is 0. The summed E-state index contributed by atoms with van der Waals surface area (Å²) in [5.41, 5.74) is 2.05. The lowest BCUT2D eigenvalue weighted by molar-refractivity contribution is 0.0696. The minimum absolute atomic E-state index is 0.0278. The molecule has 0 radical (unpaired) electrons. The maximum absolute atomic E-state index is 11.8. The van der Waals surface area contributed by atoms with E-state index in [0.29, 0.717) is 11.1 Å². The normalized spacial score (nSPS) is 10.3. The topological polar surface area (TPSA) is 74.6 Å². The molecule has 0 saturated carbocycles. The highest BCUT2D eigenvalue weighted by Crippen LogP contribution is 2.33. The summed E-state index contributed by atoms with van der Waals surface area (Å²) in [7, 11) is 0. The summed E-state index contributed by atoms with van der Waals surface area (Å²) in [6, 6.07) is 20.9. The van der Waals surface area contributed by atoms with Gasteiger partial charge in [-0.1, -0.05) is 60.7 Å². The molecule has 4 heteroatoms. The van der Waals surface area contributed by atoms with Gasteiger partial charge in [0, 0.05) is 5.56 Å². The molecule has 0 fully saturated rings. The maximum Gasteiger partial charge on any atom is 0.336 e. The van der Waals surface area contributed by atoms with Gasteiger partial charge in [0.15, 0.2) is 0 Å². The predicted octanol–water partition coefficient (Wildman–Crippen LogP) is 4.42. The third-order valence-corrected chi connectivity index (χ3v) is 3.77. The van der Waals surface area contributed by atoms with Crippen molar-refractivity contribution in [2.75, 3.05) is 0 Å². The Labute approximate surface area is 138 Å². The Bertz CT molecular complexity index is 864. The number of hydrogen-bond donors (Lipinski definition) is 2. The van der Waals surface area contributed by atoms with Crippen LogP contribution in [0.25, 0.3) is 22.3 Å². The van der Waals surface area contributed by atoms with Crippen molar-refractivity contribution in [1.82, 2.24) is 0 Å². The molecule has 3 aromatic carbocycles. The molecule has 0 heterocycles. The van der Waals surface area contributed by atoms with Gasteiger partial charge in [0.25, 0.3) is 0 Å². The summed E-state index contributed by atoms with van der Waals surface area (Å²) in [5, 5.41) is 19.2. The van der Waals surface area contributed by atoms with Crippen LogP contribution < -0.4 is 0 Å². The van der Waals surface area contributed by atoms with E-state index in [2.05, 4.69) is 0 Å². The van der Waals surface area contributed by atoms with E-state index in [1.165, 1.54) is 12.1 Å². The first-order chi connectivity index (χ1) is 11.6. The lowest BCUT2D eigenvalue weighted by atomic mass is 9.90. The van der Waals surface area contributed by atoms with Crippen molar-refractivity contribution in [1.29, 1.82) is 0 Å². The van der Waals surface area contributed by atoms with Crippen LogP contribution in [0.15, 0.2) is 72.8 Å². The first kappa shape index (κ1) is 15.5. The van der Waals surface area contributed by atoms with Gasteiger partial charge in [0.1, 0.15) is 0 Å². The number of aromatic carboxylic acids is 2. The van der Waals surface area contributed by atoms with E-state index >= 15 is 0 Å². The number of carboxylic acids is 2. The molecule has 0 aliphatic rings. The number of carbonyl (C=O) groups is 2. The molecule has 0 amide bonds. The average molecular weight is 318 g/mol. The number of carboxylic acid groups (broad SMARTS) is 2. The highest BCUT2D eigenvalue weighted by Gasteiger charge is 2.21. The van der Waals surface area contributed by atoms with Crippen LogP contribution >= 0.6 is 0 Å². The second-order valence-electron chi connectivity index (χ2n) is 5.29. The molecule has 2 N–H and O–H groups in total. The Morgan fingerprint density at radius 2 is 1.00 bits per heavy atom. The molecule has 0 aromatic heterocycles. The summed E-state index contributed by atoms with van der Waals surface area (Å²) >= 11 is 0. The van der Waals surface area contributed by atoms with Gasteiger partial charge in [-0.15, -0.1) is 0 Å². The fourth-order valence-electron chi connectivity index (χ4n) is 2.69. The maximum atomic E-state index is 11.8. The van der Waals surface area contributed by atoms with E-state index in [9.17, 15) is 19.8 Å². The molecule has 0 bridgehead atoms. The quantitative estimate of drug-likeness (QED) is 0.747. The van der Waals surface area contributed by atoms with Crippen molar-refractivity contribution in [2.24, 2.45) is 0 Å². The van der Waals surface area contributed by atoms with Crippen LogP contribution in [-0.4, -0.2) is 22.2 Å². The Kier molecular flexibility index (Phi) is 4.12. The van der Waals surface area contributed by atoms with Crippen molar-refractivity contribution in [3.63, 3.8) is 0 Å². The zero-order valence-electron chi connectivity index (χ0n) is 12.6. The van der Waals surface area contributed by atoms with Crippen molar-refractivity contribution in [3.05, 3.63) is 83.9 Å². The predicted molar refractivity (Wildman–Crippen MR) is 91.2 cm³/mol. The molecule has 24 heavy (non-hydrogen) atoms. The van der Waals surface area contributed by atoms with Gasteiger partial charge in [-0.25, -0.2) is 9.59 Å². The van der Waals surface area contributed by atoms with Crippen LogP contribution in [0.3, 0.4) is 0 Å². The molecule has 0 atom stereocenters. The van der Waals surface area contributed by atoms with Crippen LogP contribution in [0.5, 0.6) is 0 Å². The third-order valence-electron chi connectivity index (χ3n) is 3.77. The van der Waals surface area contributed by atoms with Crippen LogP contribution in [0.2, 0.25) is 0 Å². The van der Waals surface area contributed by atoms with Gasteiger partial charge in [0.05, 0.1) is 11.1 Å². The minimum Gasteiger partial charge on any atom is -0.478 e. The van der Waals surface area contributed by atoms with Crippen LogP contribution in [0.1, 0.15) is 20.7 Å². The summed E-state index contributed by atoms with van der Waals surface area (Å²) in [6.07, 6.45) is 0. The third kappa shape index (κ3) is 2.90. The zero-order valence-corrected chi connectivity index (χ0v) is 12.6. The Hall–Kier alpha value is -3.40. The van der Waals surface area contributed by atoms with Crippen molar-refractivity contribution in [2.45, 2.75) is 0 Å². The number of benzene rings is 3. The molecule has 0 saturated heterocycles. The molecule has 0 aliphatic carbocycles. The van der Waals surface area contributed by atoms with Crippen molar-refractivity contribution >= 4 is 11.9 Å². The number of rotatable bonds is 4. The van der Waals surface area contributed by atoms with Crippen LogP contribution in [-0.2, 0) is 0 Å². The van der Waals surface area contributed by atoms with E-state index in [0.717, 1.165) is 5.56 Å². The van der Waals surface area contributed by atoms with E-state index in [4.69, 9.17) is 0 Å². The lowest BCUT2D eigenvalue weighted by Gasteiger charge is -2.13. The highest BCUT2D eigenvalue weighted by molar-refractivity contribution is 6.06. The molecule has 0 aliphatic heterocycles. The van der Waals surface area contributed by atoms with Crippen molar-refractivity contribution < 1.29 is 19.8 Å². The monoisotopic (exact) mass is 318 g/mol. The SMILES string of the molecule is O=C(O)c1cc(-c2ccccc2)cc(C(=O)O)c1-c1ccccc1. The molecule has 4 nitrogen and oxygen atoms in total. The molecule has 0 unspecified atom stereocenters. The fraction of sp³-hybridized carbons (Fsp3) is 0. The smallest absolute Gasteiger partial charge is 0.336 e. The largest absolute Gasteiger partial charge is 0.478 e. The Morgan fingerprint density at radius 3 is 1.42 bits per heavy atom. The fourth-order valence-corrected chi connectivity index (χ4v) is 2.69. The van der Waals surface area contributed by atoms with Gasteiger partial charge in [-0.05, 0) is 28.8 Å². The van der Waals surface area contributed by atoms with Gasteiger partial charge < -0.3 is 10.2 Å². The first-order valence-corrected chi connectivity index (χ1v) is 7.33. The molecular weight excluding hydrogens is 304 g/mol. The van der Waals surface area contributed by atoms with Crippen molar-refractivity contribution in [3.8, 4) is 22.3 Å². The average Bonchev–Trinajstić information content (AvgIpc) is 2.62. The van der Waals surface area contributed by atoms with Gasteiger partial charge in [-0.3, -0.25) is 0 Å². The van der Waals surface area contributed by atoms with E-state index in [1.807, 2.05) is 30.3 Å². The number of hydrogen-bond acceptors (Lipinski definition) is 2.